The van der Waals surface area contributed by atoms with Crippen molar-refractivity contribution < 1.29 is 22.6 Å². The van der Waals surface area contributed by atoms with Crippen LogP contribution in [0.5, 0.6) is 0 Å². The predicted octanol–water partition coefficient (Wildman–Crippen LogP) is 5.98. The molecule has 1 saturated heterocycles. The Morgan fingerprint density at radius 2 is 1.78 bits per heavy atom. The van der Waals surface area contributed by atoms with Gasteiger partial charge in [0.25, 0.3) is 0 Å². The third-order valence-electron chi connectivity index (χ3n) is 5.04. The second kappa shape index (κ2) is 8.89. The van der Waals surface area contributed by atoms with Crippen molar-refractivity contribution in [2.75, 3.05) is 13.2 Å². The quantitative estimate of drug-likeness (QED) is 0.616. The van der Waals surface area contributed by atoms with Crippen LogP contribution in [0.2, 0.25) is 0 Å². The number of ether oxygens (including phenoxy) is 2. The largest absolute Gasteiger partial charge is 0.353 e. The van der Waals surface area contributed by atoms with Gasteiger partial charge < -0.3 is 9.47 Å². The van der Waals surface area contributed by atoms with E-state index in [1.807, 2.05) is 6.92 Å². The maximum absolute atomic E-state index is 14.7. The molecule has 2 nitrogen and oxygen atoms in total. The second-order valence-electron chi connectivity index (χ2n) is 6.90. The zero-order chi connectivity index (χ0) is 19.4. The summed E-state index contributed by atoms with van der Waals surface area (Å²) in [7, 11) is 0. The Balaban J connectivity index is 1.76. The van der Waals surface area contributed by atoms with Crippen molar-refractivity contribution >= 4 is 0 Å². The molecule has 0 saturated carbocycles. The molecule has 0 radical (unpaired) electrons. The molecular weight excluding hydrogens is 353 g/mol. The van der Waals surface area contributed by atoms with Gasteiger partial charge in [0.1, 0.15) is 5.82 Å². The van der Waals surface area contributed by atoms with E-state index in [9.17, 15) is 13.2 Å². The molecular formula is C22H25F3O2. The lowest BCUT2D eigenvalue weighted by Gasteiger charge is -2.29. The average Bonchev–Trinajstić information content (AvgIpc) is 2.69. The number of hydrogen-bond acceptors (Lipinski definition) is 2. The minimum atomic E-state index is -1.00. The Bertz CT molecular complexity index is 783. The van der Waals surface area contributed by atoms with Crippen molar-refractivity contribution in [2.24, 2.45) is 0 Å². The van der Waals surface area contributed by atoms with Crippen LogP contribution < -0.4 is 0 Å². The van der Waals surface area contributed by atoms with Gasteiger partial charge >= 0.3 is 0 Å². The molecule has 0 bridgehead atoms. The van der Waals surface area contributed by atoms with Gasteiger partial charge in [-0.2, -0.15) is 0 Å². The number of benzene rings is 2. The molecule has 2 unspecified atom stereocenters. The molecule has 0 amide bonds. The normalized spacial score (nSPS) is 20.0. The van der Waals surface area contributed by atoms with Gasteiger partial charge in [0.2, 0.25) is 0 Å². The van der Waals surface area contributed by atoms with Crippen molar-refractivity contribution in [3.8, 4) is 11.1 Å². The maximum Gasteiger partial charge on any atom is 0.167 e. The highest BCUT2D eigenvalue weighted by atomic mass is 19.2. The summed E-state index contributed by atoms with van der Waals surface area (Å²) in [5, 5.41) is 0. The Hall–Kier alpha value is -1.85. The number of halogens is 3. The smallest absolute Gasteiger partial charge is 0.167 e. The summed E-state index contributed by atoms with van der Waals surface area (Å²) >= 11 is 0. The third kappa shape index (κ3) is 4.36. The fraction of sp³-hybridized carbons (Fsp3) is 0.455. The van der Waals surface area contributed by atoms with E-state index in [-0.39, 0.29) is 28.9 Å². The predicted molar refractivity (Wildman–Crippen MR) is 99.1 cm³/mol. The first-order valence-corrected chi connectivity index (χ1v) is 9.55. The zero-order valence-corrected chi connectivity index (χ0v) is 15.7. The fourth-order valence-corrected chi connectivity index (χ4v) is 3.45. The minimum Gasteiger partial charge on any atom is -0.353 e. The molecule has 27 heavy (non-hydrogen) atoms. The Morgan fingerprint density at radius 1 is 1.00 bits per heavy atom. The van der Waals surface area contributed by atoms with Gasteiger partial charge in [-0.3, -0.25) is 0 Å². The minimum absolute atomic E-state index is 0.0540. The third-order valence-corrected chi connectivity index (χ3v) is 5.04. The molecule has 1 aliphatic rings. The number of rotatable bonds is 6. The highest BCUT2D eigenvalue weighted by molar-refractivity contribution is 5.66. The van der Waals surface area contributed by atoms with Crippen molar-refractivity contribution in [1.29, 1.82) is 0 Å². The summed E-state index contributed by atoms with van der Waals surface area (Å²) in [6.07, 6.45) is 2.72. The van der Waals surface area contributed by atoms with Gasteiger partial charge in [-0.1, -0.05) is 38.1 Å². The van der Waals surface area contributed by atoms with Crippen LogP contribution in [0, 0.1) is 17.5 Å². The lowest BCUT2D eigenvalue weighted by molar-refractivity contribution is -0.167. The second-order valence-corrected chi connectivity index (χ2v) is 6.90. The summed E-state index contributed by atoms with van der Waals surface area (Å²) < 4.78 is 54.4. The maximum atomic E-state index is 14.7. The first-order valence-electron chi connectivity index (χ1n) is 9.55. The van der Waals surface area contributed by atoms with Gasteiger partial charge in [0.15, 0.2) is 17.9 Å². The molecule has 1 fully saturated rings. The molecule has 1 heterocycles. The molecule has 2 atom stereocenters. The molecule has 0 spiro atoms. The SMILES string of the molecule is CCCOC1CCC(c2ccc(-c3ccc(CC)c(F)c3F)c(F)c2)CO1. The molecule has 1 aliphatic heterocycles. The van der Waals surface area contributed by atoms with Crippen LogP contribution in [0.3, 0.4) is 0 Å². The van der Waals surface area contributed by atoms with E-state index in [1.165, 1.54) is 24.3 Å². The number of aryl methyl sites for hydroxylation is 1. The Kier molecular flexibility index (Phi) is 6.55. The lowest BCUT2D eigenvalue weighted by Crippen LogP contribution is -2.27. The van der Waals surface area contributed by atoms with Crippen LogP contribution in [0.15, 0.2) is 30.3 Å². The molecule has 2 aromatic carbocycles. The van der Waals surface area contributed by atoms with E-state index in [1.54, 1.807) is 13.0 Å². The monoisotopic (exact) mass is 378 g/mol. The van der Waals surface area contributed by atoms with Crippen molar-refractivity contribution in [2.45, 2.75) is 51.7 Å². The van der Waals surface area contributed by atoms with Crippen molar-refractivity contribution in [3.05, 3.63) is 58.9 Å². The standard InChI is InChI=1S/C22H25F3O2/c1-3-11-26-20-10-7-16(13-27-20)15-6-8-17(19(23)12-15)18-9-5-14(4-2)21(24)22(18)25/h5-6,8-9,12,16,20H,3-4,7,10-11,13H2,1-2H3. The lowest BCUT2D eigenvalue weighted by atomic mass is 9.91. The van der Waals surface area contributed by atoms with Crippen LogP contribution in [0.4, 0.5) is 13.2 Å². The molecule has 0 aromatic heterocycles. The van der Waals surface area contributed by atoms with Gasteiger partial charge in [0.05, 0.1) is 6.61 Å². The van der Waals surface area contributed by atoms with E-state index >= 15 is 0 Å². The first kappa shape index (κ1) is 19.9. The van der Waals surface area contributed by atoms with Crippen LogP contribution >= 0.6 is 0 Å². The molecule has 0 N–H and O–H groups in total. The molecule has 5 heteroatoms. The van der Waals surface area contributed by atoms with E-state index in [0.29, 0.717) is 19.6 Å². The Morgan fingerprint density at radius 3 is 2.41 bits per heavy atom. The average molecular weight is 378 g/mol. The molecule has 0 aliphatic carbocycles. The molecule has 2 aromatic rings. The summed E-state index contributed by atoms with van der Waals surface area (Å²) in [6.45, 7) is 4.91. The first-order chi connectivity index (χ1) is 13.0. The summed E-state index contributed by atoms with van der Waals surface area (Å²) in [4.78, 5) is 0. The van der Waals surface area contributed by atoms with Gasteiger partial charge in [-0.25, -0.2) is 13.2 Å². The Labute approximate surface area is 158 Å². The topological polar surface area (TPSA) is 18.5 Å². The van der Waals surface area contributed by atoms with Crippen LogP contribution in [-0.2, 0) is 15.9 Å². The molecule has 3 rings (SSSR count). The number of hydrogen-bond donors (Lipinski definition) is 0. The van der Waals surface area contributed by atoms with E-state index in [0.717, 1.165) is 24.8 Å². The summed E-state index contributed by atoms with van der Waals surface area (Å²) in [5.41, 5.74) is 1.10. The summed E-state index contributed by atoms with van der Waals surface area (Å²) in [5.74, 6) is -2.39. The van der Waals surface area contributed by atoms with Crippen LogP contribution in [0.25, 0.3) is 11.1 Å². The van der Waals surface area contributed by atoms with Crippen molar-refractivity contribution in [1.82, 2.24) is 0 Å². The van der Waals surface area contributed by atoms with Crippen molar-refractivity contribution in [3.63, 3.8) is 0 Å². The van der Waals surface area contributed by atoms with Gasteiger partial charge in [-0.05, 0) is 42.9 Å². The van der Waals surface area contributed by atoms with Gasteiger partial charge in [-0.15, -0.1) is 0 Å². The van der Waals surface area contributed by atoms with E-state index in [4.69, 9.17) is 9.47 Å². The zero-order valence-electron chi connectivity index (χ0n) is 15.7. The van der Waals surface area contributed by atoms with Crippen LogP contribution in [-0.4, -0.2) is 19.5 Å². The van der Waals surface area contributed by atoms with Crippen LogP contribution in [0.1, 0.15) is 50.2 Å². The molecule has 146 valence electrons. The van der Waals surface area contributed by atoms with Gasteiger partial charge in [0, 0.05) is 23.7 Å². The van der Waals surface area contributed by atoms with E-state index < -0.39 is 17.5 Å². The highest BCUT2D eigenvalue weighted by Crippen LogP contribution is 2.33. The van der Waals surface area contributed by atoms with E-state index in [2.05, 4.69) is 0 Å². The summed E-state index contributed by atoms with van der Waals surface area (Å²) in [6, 6.07) is 7.64. The fourth-order valence-electron chi connectivity index (χ4n) is 3.45. The highest BCUT2D eigenvalue weighted by Gasteiger charge is 2.24.